The molecule has 0 aliphatic rings. The lowest BCUT2D eigenvalue weighted by atomic mass is 10.1. The second-order valence-corrected chi connectivity index (χ2v) is 8.12. The Morgan fingerprint density at radius 3 is 2.08 bits per heavy atom. The van der Waals surface area contributed by atoms with Crippen molar-refractivity contribution in [1.29, 1.82) is 0 Å². The van der Waals surface area contributed by atoms with Gasteiger partial charge in [0.1, 0.15) is 0 Å². The number of hydrogen-bond donors (Lipinski definition) is 1. The third-order valence-corrected chi connectivity index (χ3v) is 5.42. The maximum Gasteiger partial charge on any atom is 0.261 e. The minimum Gasteiger partial charge on any atom is -0.280 e. The minimum absolute atomic E-state index is 0.305. The Balaban J connectivity index is 2.06. The maximum atomic E-state index is 12.5. The fourth-order valence-electron chi connectivity index (χ4n) is 2.84. The van der Waals surface area contributed by atoms with E-state index in [-0.39, 0.29) is 0 Å². The molecule has 4 heteroatoms. The zero-order chi connectivity index (χ0) is 17.6. The van der Waals surface area contributed by atoms with Gasteiger partial charge in [-0.3, -0.25) is 4.72 Å². The number of nitrogens with one attached hydrogen (secondary N) is 1. The van der Waals surface area contributed by atoms with Crippen LogP contribution in [0.4, 0.5) is 5.69 Å². The third-order valence-electron chi connectivity index (χ3n) is 4.03. The van der Waals surface area contributed by atoms with Gasteiger partial charge >= 0.3 is 0 Å². The van der Waals surface area contributed by atoms with Crippen LogP contribution in [0.5, 0.6) is 0 Å². The molecule has 2 rings (SSSR count). The first-order chi connectivity index (χ1) is 11.4. The molecule has 0 spiro atoms. The lowest BCUT2D eigenvalue weighted by Crippen LogP contribution is -2.13. The van der Waals surface area contributed by atoms with E-state index in [9.17, 15) is 8.42 Å². The van der Waals surface area contributed by atoms with Crippen LogP contribution in [0, 0.1) is 13.8 Å². The minimum atomic E-state index is -3.54. The molecule has 3 nitrogen and oxygen atoms in total. The van der Waals surface area contributed by atoms with Crippen molar-refractivity contribution in [2.75, 3.05) is 4.72 Å². The van der Waals surface area contributed by atoms with E-state index < -0.39 is 10.0 Å². The number of aryl methyl sites for hydroxylation is 3. The highest BCUT2D eigenvalue weighted by Gasteiger charge is 2.14. The van der Waals surface area contributed by atoms with Crippen LogP contribution in [-0.4, -0.2) is 8.42 Å². The Morgan fingerprint density at radius 1 is 0.875 bits per heavy atom. The first kappa shape index (κ1) is 18.5. The van der Waals surface area contributed by atoms with Gasteiger partial charge in [0.25, 0.3) is 10.0 Å². The summed E-state index contributed by atoms with van der Waals surface area (Å²) in [6.45, 7) is 6.11. The second kappa shape index (κ2) is 8.34. The van der Waals surface area contributed by atoms with Crippen molar-refractivity contribution in [3.8, 4) is 0 Å². The van der Waals surface area contributed by atoms with Gasteiger partial charge in [0.05, 0.1) is 4.90 Å². The van der Waals surface area contributed by atoms with E-state index in [0.29, 0.717) is 10.6 Å². The molecule has 0 radical (unpaired) electrons. The lowest BCUT2D eigenvalue weighted by Gasteiger charge is -2.10. The van der Waals surface area contributed by atoms with Gasteiger partial charge < -0.3 is 0 Å². The number of hydrogen-bond acceptors (Lipinski definition) is 2. The van der Waals surface area contributed by atoms with Crippen molar-refractivity contribution in [2.45, 2.75) is 57.8 Å². The molecule has 0 bridgehead atoms. The summed E-state index contributed by atoms with van der Waals surface area (Å²) >= 11 is 0. The molecule has 0 amide bonds. The van der Waals surface area contributed by atoms with E-state index in [1.807, 2.05) is 44.2 Å². The van der Waals surface area contributed by atoms with Gasteiger partial charge in [-0.05, 0) is 67.6 Å². The lowest BCUT2D eigenvalue weighted by molar-refractivity contribution is 0.601. The Hall–Kier alpha value is -1.81. The molecular formula is C20H27NO2S. The number of anilines is 1. The Kier molecular flexibility index (Phi) is 6.44. The van der Waals surface area contributed by atoms with Crippen LogP contribution in [-0.2, 0) is 16.4 Å². The Morgan fingerprint density at radius 2 is 1.50 bits per heavy atom. The van der Waals surface area contributed by atoms with Gasteiger partial charge in [-0.1, -0.05) is 44.4 Å². The quantitative estimate of drug-likeness (QED) is 0.666. The highest BCUT2D eigenvalue weighted by atomic mass is 32.2. The predicted octanol–water partition coefficient (Wildman–Crippen LogP) is 5.23. The van der Waals surface area contributed by atoms with Crippen molar-refractivity contribution in [2.24, 2.45) is 0 Å². The van der Waals surface area contributed by atoms with Crippen LogP contribution in [0.25, 0.3) is 0 Å². The smallest absolute Gasteiger partial charge is 0.261 e. The summed E-state index contributed by atoms with van der Waals surface area (Å²) in [5.74, 6) is 0. The number of unbranched alkanes of at least 4 members (excludes halogenated alkanes) is 3. The van der Waals surface area contributed by atoms with Gasteiger partial charge in [-0.25, -0.2) is 8.42 Å². The van der Waals surface area contributed by atoms with Crippen LogP contribution in [0.3, 0.4) is 0 Å². The molecule has 0 atom stereocenters. The molecule has 0 fully saturated rings. The van der Waals surface area contributed by atoms with E-state index in [1.54, 1.807) is 12.1 Å². The Bertz CT molecular complexity index is 744. The zero-order valence-corrected chi connectivity index (χ0v) is 15.6. The van der Waals surface area contributed by atoms with Crippen LogP contribution in [0.1, 0.15) is 49.3 Å². The number of rotatable bonds is 8. The number of sulfonamides is 1. The molecule has 0 aliphatic carbocycles. The van der Waals surface area contributed by atoms with Crippen LogP contribution in [0.15, 0.2) is 47.4 Å². The summed E-state index contributed by atoms with van der Waals surface area (Å²) in [7, 11) is -3.54. The topological polar surface area (TPSA) is 46.2 Å². The molecule has 0 saturated heterocycles. The molecule has 2 aromatic rings. The van der Waals surface area contributed by atoms with E-state index in [4.69, 9.17) is 0 Å². The highest BCUT2D eigenvalue weighted by molar-refractivity contribution is 7.92. The summed E-state index contributed by atoms with van der Waals surface area (Å²) in [6, 6.07) is 12.9. The first-order valence-electron chi connectivity index (χ1n) is 8.61. The fraction of sp³-hybridized carbons (Fsp3) is 0.400. The normalized spacial score (nSPS) is 11.5. The van der Waals surface area contributed by atoms with E-state index in [1.165, 1.54) is 24.8 Å². The molecular weight excluding hydrogens is 318 g/mol. The largest absolute Gasteiger partial charge is 0.280 e. The van der Waals surface area contributed by atoms with Gasteiger partial charge in [0.15, 0.2) is 0 Å². The second-order valence-electron chi connectivity index (χ2n) is 6.44. The van der Waals surface area contributed by atoms with Crippen molar-refractivity contribution in [1.82, 2.24) is 0 Å². The maximum absolute atomic E-state index is 12.5. The zero-order valence-electron chi connectivity index (χ0n) is 14.8. The molecule has 24 heavy (non-hydrogen) atoms. The first-order valence-corrected chi connectivity index (χ1v) is 10.1. The highest BCUT2D eigenvalue weighted by Crippen LogP contribution is 2.20. The fourth-order valence-corrected chi connectivity index (χ4v) is 3.88. The van der Waals surface area contributed by atoms with Crippen LogP contribution < -0.4 is 4.72 Å². The van der Waals surface area contributed by atoms with Crippen molar-refractivity contribution in [3.05, 3.63) is 59.2 Å². The predicted molar refractivity (Wildman–Crippen MR) is 101 cm³/mol. The number of benzene rings is 2. The Labute approximate surface area is 146 Å². The molecule has 0 aliphatic heterocycles. The van der Waals surface area contributed by atoms with Crippen LogP contribution >= 0.6 is 0 Å². The van der Waals surface area contributed by atoms with E-state index in [2.05, 4.69) is 11.6 Å². The van der Waals surface area contributed by atoms with E-state index in [0.717, 1.165) is 24.0 Å². The summed E-state index contributed by atoms with van der Waals surface area (Å²) in [5, 5.41) is 0. The van der Waals surface area contributed by atoms with Gasteiger partial charge in [-0.2, -0.15) is 0 Å². The summed E-state index contributed by atoms with van der Waals surface area (Å²) < 4.78 is 27.7. The third kappa shape index (κ3) is 5.38. The van der Waals surface area contributed by atoms with Crippen molar-refractivity contribution < 1.29 is 8.42 Å². The van der Waals surface area contributed by atoms with Gasteiger partial charge in [0, 0.05) is 5.69 Å². The molecule has 0 saturated carbocycles. The monoisotopic (exact) mass is 345 g/mol. The molecule has 2 aromatic carbocycles. The average Bonchev–Trinajstić information content (AvgIpc) is 2.50. The van der Waals surface area contributed by atoms with Crippen LogP contribution in [0.2, 0.25) is 0 Å². The molecule has 0 heterocycles. The van der Waals surface area contributed by atoms with Gasteiger partial charge in [-0.15, -0.1) is 0 Å². The van der Waals surface area contributed by atoms with Crippen molar-refractivity contribution in [3.63, 3.8) is 0 Å². The standard InChI is InChI=1S/C20H27NO2S/c1-4-5-6-7-8-18-9-11-20(12-10-18)24(22,23)21-19-14-16(2)13-17(3)15-19/h9-15,21H,4-8H2,1-3H3. The molecule has 1 N–H and O–H groups in total. The average molecular weight is 346 g/mol. The molecule has 0 unspecified atom stereocenters. The summed E-state index contributed by atoms with van der Waals surface area (Å²) in [4.78, 5) is 0.305. The summed E-state index contributed by atoms with van der Waals surface area (Å²) in [5.41, 5.74) is 3.87. The molecule has 0 aromatic heterocycles. The van der Waals surface area contributed by atoms with Gasteiger partial charge in [0.2, 0.25) is 0 Å². The van der Waals surface area contributed by atoms with E-state index >= 15 is 0 Å². The van der Waals surface area contributed by atoms with Crippen molar-refractivity contribution >= 4 is 15.7 Å². The SMILES string of the molecule is CCCCCCc1ccc(S(=O)(=O)Nc2cc(C)cc(C)c2)cc1. The summed E-state index contributed by atoms with van der Waals surface area (Å²) in [6.07, 6.45) is 5.87. The molecule has 130 valence electrons.